The van der Waals surface area contributed by atoms with Crippen LogP contribution in [-0.2, 0) is 4.79 Å². The van der Waals surface area contributed by atoms with Crippen molar-refractivity contribution in [3.05, 3.63) is 60.2 Å². The van der Waals surface area contributed by atoms with Gasteiger partial charge in [-0.3, -0.25) is 4.79 Å². The number of carbonyl (C=O) groups is 1. The van der Waals surface area contributed by atoms with Gasteiger partial charge in [0.15, 0.2) is 0 Å². The van der Waals surface area contributed by atoms with Gasteiger partial charge in [-0.25, -0.2) is 0 Å². The quantitative estimate of drug-likeness (QED) is 0.857. The van der Waals surface area contributed by atoms with Crippen molar-refractivity contribution in [3.8, 4) is 0 Å². The predicted octanol–water partition coefficient (Wildman–Crippen LogP) is 4.81. The van der Waals surface area contributed by atoms with E-state index >= 15 is 0 Å². The average molecular weight is 322 g/mol. The molecule has 0 aromatic heterocycles. The molecule has 3 heteroatoms. The smallest absolute Gasteiger partial charge is 0.231 e. The number of benzene rings is 2. The van der Waals surface area contributed by atoms with Crippen molar-refractivity contribution >= 4 is 17.3 Å². The monoisotopic (exact) mass is 322 g/mol. The van der Waals surface area contributed by atoms with Crippen molar-refractivity contribution in [1.82, 2.24) is 0 Å². The molecular formula is C21H26N2O. The van der Waals surface area contributed by atoms with E-state index in [0.29, 0.717) is 0 Å². The average Bonchev–Trinajstić information content (AvgIpc) is 2.64. The summed E-state index contributed by atoms with van der Waals surface area (Å²) in [5, 5.41) is 3.06. The second kappa shape index (κ2) is 8.00. The van der Waals surface area contributed by atoms with Crippen molar-refractivity contribution in [2.45, 2.75) is 38.5 Å². The number of hydrogen-bond acceptors (Lipinski definition) is 2. The van der Waals surface area contributed by atoms with Crippen molar-refractivity contribution < 1.29 is 4.79 Å². The van der Waals surface area contributed by atoms with Gasteiger partial charge in [-0.05, 0) is 55.5 Å². The predicted molar refractivity (Wildman–Crippen MR) is 101 cm³/mol. The molecule has 2 aromatic carbocycles. The van der Waals surface area contributed by atoms with E-state index in [-0.39, 0.29) is 11.8 Å². The summed E-state index contributed by atoms with van der Waals surface area (Å²) in [6.07, 6.45) is 4.67. The number of nitrogens with zero attached hydrogens (tertiary/aromatic N) is 1. The van der Waals surface area contributed by atoms with Crippen molar-refractivity contribution in [2.24, 2.45) is 0 Å². The second-order valence-electron chi connectivity index (χ2n) is 6.46. The molecule has 24 heavy (non-hydrogen) atoms. The zero-order valence-electron chi connectivity index (χ0n) is 14.4. The fourth-order valence-electron chi connectivity index (χ4n) is 3.39. The maximum absolute atomic E-state index is 12.6. The number of nitrogens with one attached hydrogen (secondary N) is 1. The van der Waals surface area contributed by atoms with Crippen molar-refractivity contribution in [1.29, 1.82) is 0 Å². The van der Waals surface area contributed by atoms with Crippen LogP contribution in [0, 0.1) is 0 Å². The Morgan fingerprint density at radius 2 is 1.67 bits per heavy atom. The van der Waals surface area contributed by atoms with E-state index < -0.39 is 0 Å². The van der Waals surface area contributed by atoms with Crippen LogP contribution in [-0.4, -0.2) is 19.0 Å². The van der Waals surface area contributed by atoms with Gasteiger partial charge in [0.2, 0.25) is 5.91 Å². The third-order valence-electron chi connectivity index (χ3n) is 4.78. The summed E-state index contributed by atoms with van der Waals surface area (Å²) in [6.45, 7) is 4.33. The summed E-state index contributed by atoms with van der Waals surface area (Å²) in [5.74, 6) is -0.0395. The Hall–Kier alpha value is -2.29. The largest absolute Gasteiger partial charge is 0.372 e. The van der Waals surface area contributed by atoms with Crippen molar-refractivity contribution in [3.63, 3.8) is 0 Å². The van der Waals surface area contributed by atoms with E-state index in [2.05, 4.69) is 29.3 Å². The van der Waals surface area contributed by atoms with Crippen LogP contribution in [0.5, 0.6) is 0 Å². The normalized spacial score (nSPS) is 15.8. The molecule has 1 atom stereocenters. The number of rotatable bonds is 5. The molecule has 1 amide bonds. The van der Waals surface area contributed by atoms with Crippen LogP contribution in [0.25, 0.3) is 0 Å². The molecule has 1 fully saturated rings. The van der Waals surface area contributed by atoms with Gasteiger partial charge in [-0.2, -0.15) is 0 Å². The lowest BCUT2D eigenvalue weighted by Gasteiger charge is -2.28. The minimum atomic E-state index is -0.104. The first-order chi connectivity index (χ1) is 11.8. The van der Waals surface area contributed by atoms with Gasteiger partial charge >= 0.3 is 0 Å². The van der Waals surface area contributed by atoms with Crippen LogP contribution in [0.2, 0.25) is 0 Å². The minimum absolute atomic E-state index is 0.0643. The number of anilines is 2. The Morgan fingerprint density at radius 3 is 2.29 bits per heavy atom. The SMILES string of the molecule is CC[C@@H](C(=O)Nc1ccc(N2CCCCC2)cc1)c1ccccc1. The highest BCUT2D eigenvalue weighted by molar-refractivity contribution is 5.95. The summed E-state index contributed by atoms with van der Waals surface area (Å²) in [7, 11) is 0. The van der Waals surface area contributed by atoms with Crippen LogP contribution in [0.15, 0.2) is 54.6 Å². The third kappa shape index (κ3) is 3.97. The second-order valence-corrected chi connectivity index (χ2v) is 6.46. The third-order valence-corrected chi connectivity index (χ3v) is 4.78. The Labute approximate surface area is 144 Å². The molecule has 1 N–H and O–H groups in total. The molecule has 1 heterocycles. The molecule has 1 saturated heterocycles. The number of piperidine rings is 1. The maximum atomic E-state index is 12.6. The van der Waals surface area contributed by atoms with E-state index in [1.54, 1.807) is 0 Å². The van der Waals surface area contributed by atoms with Gasteiger partial charge < -0.3 is 10.2 Å². The lowest BCUT2D eigenvalue weighted by molar-refractivity contribution is -0.117. The Kier molecular flexibility index (Phi) is 5.52. The Morgan fingerprint density at radius 1 is 1.00 bits per heavy atom. The number of amides is 1. The number of hydrogen-bond donors (Lipinski definition) is 1. The molecule has 0 saturated carbocycles. The van der Waals surface area contributed by atoms with Gasteiger partial charge in [0.1, 0.15) is 0 Å². The molecule has 0 aliphatic carbocycles. The van der Waals surface area contributed by atoms with Gasteiger partial charge in [0.25, 0.3) is 0 Å². The van der Waals surface area contributed by atoms with E-state index in [1.165, 1.54) is 24.9 Å². The molecule has 0 spiro atoms. The lowest BCUT2D eigenvalue weighted by Crippen LogP contribution is -2.29. The Balaban J connectivity index is 1.65. The highest BCUT2D eigenvalue weighted by Gasteiger charge is 2.18. The van der Waals surface area contributed by atoms with E-state index in [1.807, 2.05) is 42.5 Å². The zero-order chi connectivity index (χ0) is 16.8. The topological polar surface area (TPSA) is 32.3 Å². The van der Waals surface area contributed by atoms with E-state index in [0.717, 1.165) is 30.8 Å². The molecule has 0 unspecified atom stereocenters. The first-order valence-corrected chi connectivity index (χ1v) is 8.98. The standard InChI is InChI=1S/C21H26N2O/c1-2-20(17-9-5-3-6-10-17)21(24)22-18-11-13-19(14-12-18)23-15-7-4-8-16-23/h3,5-6,9-14,20H,2,4,7-8,15-16H2,1H3,(H,22,24)/t20-/m1/s1. The highest BCUT2D eigenvalue weighted by Crippen LogP contribution is 2.24. The van der Waals surface area contributed by atoms with Crippen LogP contribution in [0.4, 0.5) is 11.4 Å². The van der Waals surface area contributed by atoms with Crippen molar-refractivity contribution in [2.75, 3.05) is 23.3 Å². The van der Waals surface area contributed by atoms with Gasteiger partial charge in [-0.15, -0.1) is 0 Å². The fourth-order valence-corrected chi connectivity index (χ4v) is 3.39. The molecule has 126 valence electrons. The van der Waals surface area contributed by atoms with Gasteiger partial charge in [0, 0.05) is 24.5 Å². The first kappa shape index (κ1) is 16.6. The van der Waals surface area contributed by atoms with Crippen LogP contribution in [0.1, 0.15) is 44.1 Å². The van der Waals surface area contributed by atoms with E-state index in [9.17, 15) is 4.79 Å². The molecule has 0 radical (unpaired) electrons. The molecular weight excluding hydrogens is 296 g/mol. The molecule has 1 aliphatic rings. The summed E-state index contributed by atoms with van der Waals surface area (Å²) in [6, 6.07) is 18.2. The highest BCUT2D eigenvalue weighted by atomic mass is 16.1. The Bertz CT molecular complexity index is 645. The lowest BCUT2D eigenvalue weighted by atomic mass is 9.95. The maximum Gasteiger partial charge on any atom is 0.231 e. The molecule has 3 nitrogen and oxygen atoms in total. The number of carbonyl (C=O) groups excluding carboxylic acids is 1. The molecule has 2 aromatic rings. The molecule has 0 bridgehead atoms. The van der Waals surface area contributed by atoms with E-state index in [4.69, 9.17) is 0 Å². The summed E-state index contributed by atoms with van der Waals surface area (Å²) in [4.78, 5) is 15.0. The first-order valence-electron chi connectivity index (χ1n) is 8.98. The zero-order valence-corrected chi connectivity index (χ0v) is 14.4. The fraction of sp³-hybridized carbons (Fsp3) is 0.381. The van der Waals surface area contributed by atoms with Crippen LogP contribution < -0.4 is 10.2 Å². The van der Waals surface area contributed by atoms with Gasteiger partial charge in [-0.1, -0.05) is 37.3 Å². The molecule has 1 aliphatic heterocycles. The van der Waals surface area contributed by atoms with Crippen LogP contribution >= 0.6 is 0 Å². The minimum Gasteiger partial charge on any atom is -0.372 e. The molecule has 3 rings (SSSR count). The van der Waals surface area contributed by atoms with Crippen LogP contribution in [0.3, 0.4) is 0 Å². The summed E-state index contributed by atoms with van der Waals surface area (Å²) >= 11 is 0. The van der Waals surface area contributed by atoms with Gasteiger partial charge in [0.05, 0.1) is 5.92 Å². The summed E-state index contributed by atoms with van der Waals surface area (Å²) in [5.41, 5.74) is 3.19. The summed E-state index contributed by atoms with van der Waals surface area (Å²) < 4.78 is 0.